The molecule has 0 aromatic heterocycles. The molecule has 120 valence electrons. The van der Waals surface area contributed by atoms with E-state index in [1.165, 1.54) is 25.7 Å². The maximum Gasteiger partial charge on any atom is 0.317 e. The Hall–Kier alpha value is -1.26. The highest BCUT2D eigenvalue weighted by molar-refractivity contribution is 5.76. The number of amides is 2. The van der Waals surface area contributed by atoms with Gasteiger partial charge in [-0.2, -0.15) is 0 Å². The normalized spacial score (nSPS) is 24.8. The van der Waals surface area contributed by atoms with E-state index in [9.17, 15) is 9.59 Å². The van der Waals surface area contributed by atoms with E-state index >= 15 is 0 Å². The van der Waals surface area contributed by atoms with Gasteiger partial charge in [-0.3, -0.25) is 4.79 Å². The molecule has 5 nitrogen and oxygen atoms in total. The number of rotatable bonds is 5. The number of carboxylic acids is 1. The van der Waals surface area contributed by atoms with E-state index in [1.807, 2.05) is 0 Å². The fourth-order valence-electron chi connectivity index (χ4n) is 3.71. The Labute approximate surface area is 127 Å². The van der Waals surface area contributed by atoms with Crippen LogP contribution in [0.15, 0.2) is 0 Å². The molecule has 0 aromatic carbocycles. The fourth-order valence-corrected chi connectivity index (χ4v) is 3.71. The summed E-state index contributed by atoms with van der Waals surface area (Å²) in [6.45, 7) is 3.18. The van der Waals surface area contributed by atoms with Gasteiger partial charge in [0.25, 0.3) is 0 Å². The molecular weight excluding hydrogens is 268 g/mol. The maximum atomic E-state index is 12.4. The van der Waals surface area contributed by atoms with Crippen LogP contribution in [0.4, 0.5) is 4.79 Å². The molecule has 1 saturated heterocycles. The lowest BCUT2D eigenvalue weighted by Gasteiger charge is -2.33. The summed E-state index contributed by atoms with van der Waals surface area (Å²) in [7, 11) is 0. The summed E-state index contributed by atoms with van der Waals surface area (Å²) < 4.78 is 0. The number of aliphatic carboxylic acids is 1. The van der Waals surface area contributed by atoms with Crippen molar-refractivity contribution in [3.8, 4) is 0 Å². The van der Waals surface area contributed by atoms with Gasteiger partial charge in [0.1, 0.15) is 0 Å². The highest BCUT2D eigenvalue weighted by Crippen LogP contribution is 2.29. The molecular formula is C16H28N2O3. The van der Waals surface area contributed by atoms with Crippen LogP contribution in [-0.4, -0.2) is 41.1 Å². The van der Waals surface area contributed by atoms with Crippen LogP contribution >= 0.6 is 0 Å². The molecule has 1 aliphatic heterocycles. The van der Waals surface area contributed by atoms with E-state index in [-0.39, 0.29) is 12.1 Å². The van der Waals surface area contributed by atoms with E-state index in [1.54, 1.807) is 4.90 Å². The minimum absolute atomic E-state index is 0.0636. The Morgan fingerprint density at radius 2 is 1.95 bits per heavy atom. The number of nitrogens with one attached hydrogen (secondary N) is 1. The largest absolute Gasteiger partial charge is 0.481 e. The van der Waals surface area contributed by atoms with Crippen molar-refractivity contribution in [3.63, 3.8) is 0 Å². The number of urea groups is 1. The second kappa shape index (κ2) is 7.66. The average Bonchev–Trinajstić information content (AvgIpc) is 3.01. The number of hydrogen-bond donors (Lipinski definition) is 2. The number of likely N-dealkylation sites (tertiary alicyclic amines) is 1. The summed E-state index contributed by atoms with van der Waals surface area (Å²) in [4.78, 5) is 25.2. The molecule has 0 aromatic rings. The topological polar surface area (TPSA) is 69.6 Å². The number of carbonyl (C=O) groups excluding carboxylic acids is 1. The second-order valence-corrected chi connectivity index (χ2v) is 6.51. The summed E-state index contributed by atoms with van der Waals surface area (Å²) in [5.41, 5.74) is 0. The Balaban J connectivity index is 1.89. The number of carboxylic acid groups (broad SMARTS) is 1. The van der Waals surface area contributed by atoms with Crippen molar-refractivity contribution in [1.29, 1.82) is 0 Å². The first-order valence-electron chi connectivity index (χ1n) is 8.40. The first-order valence-corrected chi connectivity index (χ1v) is 8.40. The molecule has 2 atom stereocenters. The van der Waals surface area contributed by atoms with Gasteiger partial charge in [-0.25, -0.2) is 4.79 Å². The van der Waals surface area contributed by atoms with Crippen molar-refractivity contribution in [2.24, 2.45) is 11.8 Å². The molecule has 2 amide bonds. The molecule has 2 aliphatic rings. The van der Waals surface area contributed by atoms with E-state index in [2.05, 4.69) is 12.2 Å². The molecule has 2 rings (SSSR count). The van der Waals surface area contributed by atoms with E-state index in [0.29, 0.717) is 25.4 Å². The summed E-state index contributed by atoms with van der Waals surface area (Å²) in [6, 6.07) is 0.196. The van der Waals surface area contributed by atoms with Crippen molar-refractivity contribution in [1.82, 2.24) is 10.2 Å². The van der Waals surface area contributed by atoms with Crippen molar-refractivity contribution in [2.45, 2.75) is 64.3 Å². The van der Waals surface area contributed by atoms with Gasteiger partial charge in [0.15, 0.2) is 0 Å². The Morgan fingerprint density at radius 1 is 1.24 bits per heavy atom. The third kappa shape index (κ3) is 4.35. The number of nitrogens with zero attached hydrogens (tertiary/aromatic N) is 1. The fraction of sp³-hybridized carbons (Fsp3) is 0.875. The lowest BCUT2D eigenvalue weighted by atomic mass is 9.94. The number of carbonyl (C=O) groups is 2. The highest BCUT2D eigenvalue weighted by Gasteiger charge is 2.31. The SMILES string of the molecule is CCCC(NC(=O)N1CCCC(C(=O)O)C1)C1CCCC1. The van der Waals surface area contributed by atoms with Crippen LogP contribution < -0.4 is 5.32 Å². The van der Waals surface area contributed by atoms with Gasteiger partial charge in [-0.05, 0) is 38.0 Å². The molecule has 1 aliphatic carbocycles. The molecule has 2 unspecified atom stereocenters. The number of piperidine rings is 1. The monoisotopic (exact) mass is 296 g/mol. The third-order valence-electron chi connectivity index (χ3n) is 4.94. The Bertz CT molecular complexity index is 367. The average molecular weight is 296 g/mol. The second-order valence-electron chi connectivity index (χ2n) is 6.51. The molecule has 2 N–H and O–H groups in total. The Kier molecular flexibility index (Phi) is 5.88. The zero-order chi connectivity index (χ0) is 15.2. The molecule has 0 bridgehead atoms. The number of hydrogen-bond acceptors (Lipinski definition) is 2. The van der Waals surface area contributed by atoms with Crippen LogP contribution in [0.1, 0.15) is 58.3 Å². The van der Waals surface area contributed by atoms with E-state index in [0.717, 1.165) is 19.3 Å². The predicted octanol–water partition coefficient (Wildman–Crippen LogP) is 2.85. The van der Waals surface area contributed by atoms with E-state index < -0.39 is 11.9 Å². The molecule has 21 heavy (non-hydrogen) atoms. The van der Waals surface area contributed by atoms with Crippen molar-refractivity contribution in [2.75, 3.05) is 13.1 Å². The zero-order valence-corrected chi connectivity index (χ0v) is 13.0. The van der Waals surface area contributed by atoms with Gasteiger partial charge in [-0.15, -0.1) is 0 Å². The minimum atomic E-state index is -0.784. The summed E-state index contributed by atoms with van der Waals surface area (Å²) in [5.74, 6) is -0.581. The maximum absolute atomic E-state index is 12.4. The van der Waals surface area contributed by atoms with Crippen LogP contribution in [0.25, 0.3) is 0 Å². The lowest BCUT2D eigenvalue weighted by Crippen LogP contribution is -2.51. The van der Waals surface area contributed by atoms with Gasteiger partial charge >= 0.3 is 12.0 Å². The molecule has 2 fully saturated rings. The van der Waals surface area contributed by atoms with Crippen LogP contribution in [-0.2, 0) is 4.79 Å². The quantitative estimate of drug-likeness (QED) is 0.819. The lowest BCUT2D eigenvalue weighted by molar-refractivity contribution is -0.143. The summed E-state index contributed by atoms with van der Waals surface area (Å²) in [6.07, 6.45) is 8.51. The third-order valence-corrected chi connectivity index (χ3v) is 4.94. The molecule has 0 spiro atoms. The van der Waals surface area contributed by atoms with Gasteiger partial charge in [0, 0.05) is 19.1 Å². The van der Waals surface area contributed by atoms with Gasteiger partial charge in [0.05, 0.1) is 5.92 Å². The first kappa shape index (κ1) is 16.1. The standard InChI is InChI=1S/C16H28N2O3/c1-2-6-14(12-7-3-4-8-12)17-16(21)18-10-5-9-13(11-18)15(19)20/h12-14H,2-11H2,1H3,(H,17,21)(H,19,20). The van der Waals surface area contributed by atoms with Crippen molar-refractivity contribution < 1.29 is 14.7 Å². The molecule has 5 heteroatoms. The summed E-state index contributed by atoms with van der Waals surface area (Å²) >= 11 is 0. The molecule has 1 heterocycles. The van der Waals surface area contributed by atoms with Crippen LogP contribution in [0.3, 0.4) is 0 Å². The van der Waals surface area contributed by atoms with Crippen LogP contribution in [0, 0.1) is 11.8 Å². The van der Waals surface area contributed by atoms with Crippen LogP contribution in [0.2, 0.25) is 0 Å². The first-order chi connectivity index (χ1) is 10.1. The minimum Gasteiger partial charge on any atom is -0.481 e. The van der Waals surface area contributed by atoms with Crippen LogP contribution in [0.5, 0.6) is 0 Å². The van der Waals surface area contributed by atoms with E-state index in [4.69, 9.17) is 5.11 Å². The van der Waals surface area contributed by atoms with Gasteiger partial charge in [0.2, 0.25) is 0 Å². The molecule has 1 saturated carbocycles. The highest BCUT2D eigenvalue weighted by atomic mass is 16.4. The zero-order valence-electron chi connectivity index (χ0n) is 13.0. The van der Waals surface area contributed by atoms with Crippen molar-refractivity contribution >= 4 is 12.0 Å². The molecule has 0 radical (unpaired) electrons. The van der Waals surface area contributed by atoms with Crippen molar-refractivity contribution in [3.05, 3.63) is 0 Å². The Morgan fingerprint density at radius 3 is 2.57 bits per heavy atom. The summed E-state index contributed by atoms with van der Waals surface area (Å²) in [5, 5.41) is 12.3. The smallest absolute Gasteiger partial charge is 0.317 e. The van der Waals surface area contributed by atoms with Gasteiger partial charge < -0.3 is 15.3 Å². The van der Waals surface area contributed by atoms with Gasteiger partial charge in [-0.1, -0.05) is 26.2 Å². The predicted molar refractivity (Wildman–Crippen MR) is 81.1 cm³/mol.